The van der Waals surface area contributed by atoms with Gasteiger partial charge in [-0.25, -0.2) is 12.8 Å². The van der Waals surface area contributed by atoms with Gasteiger partial charge in [0.2, 0.25) is 15.9 Å². The van der Waals surface area contributed by atoms with Crippen LogP contribution in [0.3, 0.4) is 0 Å². The molecule has 0 bridgehead atoms. The number of halogens is 1. The molecule has 0 atom stereocenters. The number of piperazine rings is 1. The molecule has 1 aliphatic heterocycles. The third-order valence-corrected chi connectivity index (χ3v) is 6.43. The summed E-state index contributed by atoms with van der Waals surface area (Å²) in [4.78, 5) is 13.6. The van der Waals surface area contributed by atoms with Crippen molar-refractivity contribution in [2.45, 2.75) is 11.8 Å². The first-order valence-electron chi connectivity index (χ1n) is 8.66. The molecule has 1 amide bonds. The highest BCUT2D eigenvalue weighted by Gasteiger charge is 2.31. The van der Waals surface area contributed by atoms with Crippen molar-refractivity contribution in [2.75, 3.05) is 26.2 Å². The van der Waals surface area contributed by atoms with E-state index in [1.54, 1.807) is 11.0 Å². The third-order valence-electron chi connectivity index (χ3n) is 4.50. The molecule has 0 aromatic heterocycles. The third kappa shape index (κ3) is 4.43. The number of amides is 1. The van der Waals surface area contributed by atoms with Crippen molar-refractivity contribution in [3.05, 3.63) is 71.6 Å². The van der Waals surface area contributed by atoms with Gasteiger partial charge in [0.05, 0.1) is 0 Å². The Morgan fingerprint density at radius 3 is 2.26 bits per heavy atom. The first kappa shape index (κ1) is 19.3. The van der Waals surface area contributed by atoms with Crippen molar-refractivity contribution < 1.29 is 17.6 Å². The summed E-state index contributed by atoms with van der Waals surface area (Å²) >= 11 is 0. The first-order valence-corrected chi connectivity index (χ1v) is 10.1. The molecule has 27 heavy (non-hydrogen) atoms. The molecule has 5 nitrogen and oxygen atoms in total. The summed E-state index contributed by atoms with van der Waals surface area (Å²) in [6, 6.07) is 13.1. The zero-order valence-corrected chi connectivity index (χ0v) is 15.8. The average Bonchev–Trinajstić information content (AvgIpc) is 2.67. The lowest BCUT2D eigenvalue weighted by Gasteiger charge is -2.33. The fourth-order valence-electron chi connectivity index (χ4n) is 2.89. The van der Waals surface area contributed by atoms with Crippen LogP contribution in [0.5, 0.6) is 0 Å². The monoisotopic (exact) mass is 388 g/mol. The highest BCUT2D eigenvalue weighted by Crippen LogP contribution is 2.20. The minimum absolute atomic E-state index is 0.140. The van der Waals surface area contributed by atoms with Crippen LogP contribution in [-0.4, -0.2) is 49.7 Å². The SMILES string of the molecule is Cc1ccc(/C=C/C(=O)N2CCN(S(=O)(=O)c3ccccc3F)CC2)cc1. The summed E-state index contributed by atoms with van der Waals surface area (Å²) in [5, 5.41) is 0. The van der Waals surface area contributed by atoms with Crippen molar-refractivity contribution in [1.29, 1.82) is 0 Å². The molecule has 0 aliphatic carbocycles. The minimum atomic E-state index is -3.90. The molecule has 0 unspecified atom stereocenters. The molecule has 0 saturated carbocycles. The standard InChI is InChI=1S/C20H21FN2O3S/c1-16-6-8-17(9-7-16)10-11-20(24)22-12-14-23(15-13-22)27(25,26)19-5-3-2-4-18(19)21/h2-11H,12-15H2,1H3/b11-10+. The van der Waals surface area contributed by atoms with E-state index in [0.717, 1.165) is 17.2 Å². The molecule has 0 N–H and O–H groups in total. The maximum Gasteiger partial charge on any atom is 0.246 e. The molecular weight excluding hydrogens is 367 g/mol. The Morgan fingerprint density at radius 2 is 1.63 bits per heavy atom. The lowest BCUT2D eigenvalue weighted by Crippen LogP contribution is -2.50. The molecule has 2 aromatic carbocycles. The molecule has 1 saturated heterocycles. The molecule has 7 heteroatoms. The number of nitrogens with zero attached hydrogens (tertiary/aromatic N) is 2. The van der Waals surface area contributed by atoms with E-state index in [9.17, 15) is 17.6 Å². The molecule has 0 radical (unpaired) electrons. The predicted molar refractivity (Wildman–Crippen MR) is 102 cm³/mol. The van der Waals surface area contributed by atoms with Crippen LogP contribution in [0.2, 0.25) is 0 Å². The van der Waals surface area contributed by atoms with Crippen molar-refractivity contribution in [2.24, 2.45) is 0 Å². The largest absolute Gasteiger partial charge is 0.337 e. The van der Waals surface area contributed by atoms with Gasteiger partial charge in [-0.2, -0.15) is 4.31 Å². The van der Waals surface area contributed by atoms with Crippen LogP contribution in [0.1, 0.15) is 11.1 Å². The van der Waals surface area contributed by atoms with Gasteiger partial charge in [0, 0.05) is 32.3 Å². The van der Waals surface area contributed by atoms with E-state index < -0.39 is 15.8 Å². The highest BCUT2D eigenvalue weighted by atomic mass is 32.2. The van der Waals surface area contributed by atoms with Gasteiger partial charge in [0.25, 0.3) is 0 Å². The van der Waals surface area contributed by atoms with E-state index in [2.05, 4.69) is 0 Å². The zero-order valence-electron chi connectivity index (χ0n) is 15.0. The number of hydrogen-bond acceptors (Lipinski definition) is 3. The summed E-state index contributed by atoms with van der Waals surface area (Å²) in [5.74, 6) is -0.935. The number of aryl methyl sites for hydroxylation is 1. The molecule has 2 aromatic rings. The fraction of sp³-hybridized carbons (Fsp3) is 0.250. The van der Waals surface area contributed by atoms with Crippen LogP contribution in [0, 0.1) is 12.7 Å². The second kappa shape index (κ2) is 8.02. The number of hydrogen-bond donors (Lipinski definition) is 0. The van der Waals surface area contributed by atoms with E-state index in [0.29, 0.717) is 0 Å². The Morgan fingerprint density at radius 1 is 1.00 bits per heavy atom. The summed E-state index contributed by atoms with van der Waals surface area (Å²) in [6.45, 7) is 2.81. The van der Waals surface area contributed by atoms with Gasteiger partial charge < -0.3 is 4.90 Å². The number of carbonyl (C=O) groups is 1. The molecule has 1 fully saturated rings. The van der Waals surface area contributed by atoms with E-state index in [1.807, 2.05) is 31.2 Å². The average molecular weight is 388 g/mol. The molecule has 1 heterocycles. The van der Waals surface area contributed by atoms with Gasteiger partial charge >= 0.3 is 0 Å². The Labute approximate surface area is 158 Å². The van der Waals surface area contributed by atoms with E-state index >= 15 is 0 Å². The van der Waals surface area contributed by atoms with Gasteiger partial charge in [0.1, 0.15) is 10.7 Å². The lowest BCUT2D eigenvalue weighted by molar-refractivity contribution is -0.127. The van der Waals surface area contributed by atoms with Gasteiger partial charge in [-0.05, 0) is 30.7 Å². The van der Waals surface area contributed by atoms with Crippen molar-refractivity contribution >= 4 is 22.0 Å². The Balaban J connectivity index is 1.62. The van der Waals surface area contributed by atoms with E-state index in [1.165, 1.54) is 28.6 Å². The summed E-state index contributed by atoms with van der Waals surface area (Å²) in [6.07, 6.45) is 3.23. The molecule has 1 aliphatic rings. The van der Waals surface area contributed by atoms with E-state index in [4.69, 9.17) is 0 Å². The molecule has 3 rings (SSSR count). The van der Waals surface area contributed by atoms with E-state index in [-0.39, 0.29) is 37.0 Å². The smallest absolute Gasteiger partial charge is 0.246 e. The zero-order chi connectivity index (χ0) is 19.4. The fourth-order valence-corrected chi connectivity index (χ4v) is 4.38. The number of carbonyl (C=O) groups excluding carboxylic acids is 1. The molecular formula is C20H21FN2O3S. The van der Waals surface area contributed by atoms with Crippen molar-refractivity contribution in [3.63, 3.8) is 0 Å². The van der Waals surface area contributed by atoms with Crippen molar-refractivity contribution in [1.82, 2.24) is 9.21 Å². The second-order valence-electron chi connectivity index (χ2n) is 6.40. The van der Waals surface area contributed by atoms with Crippen LogP contribution in [0.25, 0.3) is 6.08 Å². The topological polar surface area (TPSA) is 57.7 Å². The second-order valence-corrected chi connectivity index (χ2v) is 8.31. The van der Waals surface area contributed by atoms with Gasteiger partial charge in [0.15, 0.2) is 0 Å². The van der Waals surface area contributed by atoms with Crippen LogP contribution in [-0.2, 0) is 14.8 Å². The van der Waals surface area contributed by atoms with Crippen molar-refractivity contribution in [3.8, 4) is 0 Å². The summed E-state index contributed by atoms with van der Waals surface area (Å²) < 4.78 is 40.3. The van der Waals surface area contributed by atoms with Gasteiger partial charge in [-0.3, -0.25) is 4.79 Å². The predicted octanol–water partition coefficient (Wildman–Crippen LogP) is 2.68. The molecule has 0 spiro atoms. The van der Waals surface area contributed by atoms with Crippen LogP contribution < -0.4 is 0 Å². The first-order chi connectivity index (χ1) is 12.9. The highest BCUT2D eigenvalue weighted by molar-refractivity contribution is 7.89. The number of benzene rings is 2. The quantitative estimate of drug-likeness (QED) is 0.757. The molecule has 142 valence electrons. The Kier molecular flexibility index (Phi) is 5.72. The minimum Gasteiger partial charge on any atom is -0.337 e. The lowest BCUT2D eigenvalue weighted by atomic mass is 10.1. The van der Waals surface area contributed by atoms with Crippen LogP contribution in [0.15, 0.2) is 59.5 Å². The van der Waals surface area contributed by atoms with Gasteiger partial charge in [-0.15, -0.1) is 0 Å². The van der Waals surface area contributed by atoms with Crippen LogP contribution >= 0.6 is 0 Å². The summed E-state index contributed by atoms with van der Waals surface area (Å²) in [5.41, 5.74) is 2.07. The Bertz CT molecular complexity index is 947. The Hall–Kier alpha value is -2.51. The normalized spacial score (nSPS) is 16.0. The maximum atomic E-state index is 13.9. The maximum absolute atomic E-state index is 13.9. The number of sulfonamides is 1. The van der Waals surface area contributed by atoms with Crippen LogP contribution in [0.4, 0.5) is 4.39 Å². The summed E-state index contributed by atoms with van der Waals surface area (Å²) in [7, 11) is -3.90. The van der Waals surface area contributed by atoms with Gasteiger partial charge in [-0.1, -0.05) is 42.0 Å². The number of rotatable bonds is 4.